The third kappa shape index (κ3) is 4.97. The Morgan fingerprint density at radius 3 is 2.43 bits per heavy atom. The van der Waals surface area contributed by atoms with Gasteiger partial charge in [0.2, 0.25) is 0 Å². The molecule has 0 saturated carbocycles. The first-order valence-electron chi connectivity index (χ1n) is 4.74. The second-order valence-electron chi connectivity index (χ2n) is 2.93. The SMILES string of the molecule is OCOCCCOCc1ccccc1. The molecule has 14 heavy (non-hydrogen) atoms. The molecular formula is C11H16O3. The maximum absolute atomic E-state index is 8.34. The summed E-state index contributed by atoms with van der Waals surface area (Å²) in [4.78, 5) is 0. The van der Waals surface area contributed by atoms with Gasteiger partial charge in [-0.05, 0) is 12.0 Å². The van der Waals surface area contributed by atoms with E-state index < -0.39 is 0 Å². The lowest BCUT2D eigenvalue weighted by atomic mass is 10.2. The zero-order valence-electron chi connectivity index (χ0n) is 8.19. The number of aliphatic hydroxyl groups excluding tert-OH is 1. The second kappa shape index (κ2) is 7.50. The van der Waals surface area contributed by atoms with E-state index in [1.54, 1.807) is 0 Å². The lowest BCUT2D eigenvalue weighted by Crippen LogP contribution is -2.01. The van der Waals surface area contributed by atoms with Gasteiger partial charge in [0.1, 0.15) is 6.79 Å². The first kappa shape index (κ1) is 11.2. The third-order valence-corrected chi connectivity index (χ3v) is 1.78. The fourth-order valence-electron chi connectivity index (χ4n) is 1.09. The molecule has 0 unspecified atom stereocenters. The summed E-state index contributed by atoms with van der Waals surface area (Å²) in [5.41, 5.74) is 1.18. The van der Waals surface area contributed by atoms with Crippen LogP contribution in [0.3, 0.4) is 0 Å². The molecule has 0 spiro atoms. The van der Waals surface area contributed by atoms with Gasteiger partial charge in [0, 0.05) is 6.61 Å². The molecule has 0 heterocycles. The van der Waals surface area contributed by atoms with E-state index in [0.717, 1.165) is 6.42 Å². The molecular weight excluding hydrogens is 180 g/mol. The second-order valence-corrected chi connectivity index (χ2v) is 2.93. The van der Waals surface area contributed by atoms with Gasteiger partial charge in [-0.1, -0.05) is 30.3 Å². The van der Waals surface area contributed by atoms with E-state index in [4.69, 9.17) is 14.6 Å². The maximum Gasteiger partial charge on any atom is 0.143 e. The van der Waals surface area contributed by atoms with E-state index in [2.05, 4.69) is 0 Å². The van der Waals surface area contributed by atoms with Crippen molar-refractivity contribution < 1.29 is 14.6 Å². The minimum absolute atomic E-state index is 0.210. The smallest absolute Gasteiger partial charge is 0.143 e. The van der Waals surface area contributed by atoms with Crippen molar-refractivity contribution in [2.45, 2.75) is 13.0 Å². The summed E-state index contributed by atoms with van der Waals surface area (Å²) < 4.78 is 10.2. The van der Waals surface area contributed by atoms with Gasteiger partial charge in [0.05, 0.1) is 13.2 Å². The van der Waals surface area contributed by atoms with Crippen LogP contribution < -0.4 is 0 Å². The number of ether oxygens (including phenoxy) is 2. The molecule has 78 valence electrons. The lowest BCUT2D eigenvalue weighted by molar-refractivity contribution is -0.0117. The molecule has 0 aliphatic heterocycles. The van der Waals surface area contributed by atoms with Crippen molar-refractivity contribution in [1.82, 2.24) is 0 Å². The Bertz CT molecular complexity index is 223. The molecule has 0 aromatic heterocycles. The van der Waals surface area contributed by atoms with Gasteiger partial charge in [0.15, 0.2) is 0 Å². The third-order valence-electron chi connectivity index (χ3n) is 1.78. The summed E-state index contributed by atoms with van der Waals surface area (Å²) in [6.45, 7) is 1.64. The Hall–Kier alpha value is -0.900. The predicted molar refractivity (Wildman–Crippen MR) is 53.8 cm³/mol. The Morgan fingerprint density at radius 1 is 1.00 bits per heavy atom. The van der Waals surface area contributed by atoms with Crippen LogP contribution in [0.25, 0.3) is 0 Å². The van der Waals surface area contributed by atoms with Crippen LogP contribution in [0, 0.1) is 0 Å². The van der Waals surface area contributed by atoms with Crippen LogP contribution in [-0.4, -0.2) is 25.1 Å². The van der Waals surface area contributed by atoms with Gasteiger partial charge in [-0.15, -0.1) is 0 Å². The highest BCUT2D eigenvalue weighted by molar-refractivity contribution is 5.13. The van der Waals surface area contributed by atoms with E-state index in [1.165, 1.54) is 5.56 Å². The van der Waals surface area contributed by atoms with Gasteiger partial charge in [-0.25, -0.2) is 0 Å². The Morgan fingerprint density at radius 2 is 1.71 bits per heavy atom. The molecule has 0 saturated heterocycles. The minimum atomic E-state index is -0.210. The number of benzene rings is 1. The van der Waals surface area contributed by atoms with E-state index in [1.807, 2.05) is 30.3 Å². The summed E-state index contributed by atoms with van der Waals surface area (Å²) in [7, 11) is 0. The van der Waals surface area contributed by atoms with Gasteiger partial charge in [-0.2, -0.15) is 0 Å². The van der Waals surface area contributed by atoms with E-state index in [0.29, 0.717) is 19.8 Å². The van der Waals surface area contributed by atoms with Crippen molar-refractivity contribution in [3.05, 3.63) is 35.9 Å². The first-order chi connectivity index (χ1) is 6.93. The molecule has 0 atom stereocenters. The molecule has 1 aromatic carbocycles. The van der Waals surface area contributed by atoms with Crippen LogP contribution in [0.5, 0.6) is 0 Å². The van der Waals surface area contributed by atoms with E-state index in [-0.39, 0.29) is 6.79 Å². The first-order valence-corrected chi connectivity index (χ1v) is 4.74. The van der Waals surface area contributed by atoms with Crippen LogP contribution in [0.2, 0.25) is 0 Å². The minimum Gasteiger partial charge on any atom is -0.377 e. The molecule has 1 aromatic rings. The number of hydrogen-bond donors (Lipinski definition) is 1. The van der Waals surface area contributed by atoms with Crippen molar-refractivity contribution >= 4 is 0 Å². The van der Waals surface area contributed by atoms with E-state index in [9.17, 15) is 0 Å². The van der Waals surface area contributed by atoms with Crippen LogP contribution in [0.1, 0.15) is 12.0 Å². The van der Waals surface area contributed by atoms with Crippen molar-refractivity contribution in [3.8, 4) is 0 Å². The van der Waals surface area contributed by atoms with Crippen LogP contribution in [0.15, 0.2) is 30.3 Å². The summed E-state index contributed by atoms with van der Waals surface area (Å²) in [5, 5.41) is 8.34. The Labute approximate surface area is 84.3 Å². The average Bonchev–Trinajstić information content (AvgIpc) is 2.25. The maximum atomic E-state index is 8.34. The fourth-order valence-corrected chi connectivity index (χ4v) is 1.09. The van der Waals surface area contributed by atoms with E-state index >= 15 is 0 Å². The molecule has 0 fully saturated rings. The molecule has 0 bridgehead atoms. The normalized spacial score (nSPS) is 10.4. The van der Waals surface area contributed by atoms with Gasteiger partial charge in [0.25, 0.3) is 0 Å². The van der Waals surface area contributed by atoms with Crippen LogP contribution in [-0.2, 0) is 16.1 Å². The number of aliphatic hydroxyl groups is 1. The fraction of sp³-hybridized carbons (Fsp3) is 0.455. The molecule has 1 rings (SSSR count). The standard InChI is InChI=1S/C11H16O3/c12-10-14-8-4-7-13-9-11-5-2-1-3-6-11/h1-3,5-6,12H,4,7-10H2. The van der Waals surface area contributed by atoms with Crippen molar-refractivity contribution in [2.75, 3.05) is 20.0 Å². The summed E-state index contributed by atoms with van der Waals surface area (Å²) in [6.07, 6.45) is 0.813. The van der Waals surface area contributed by atoms with Crippen LogP contribution in [0.4, 0.5) is 0 Å². The van der Waals surface area contributed by atoms with Gasteiger partial charge in [-0.3, -0.25) is 0 Å². The highest BCUT2D eigenvalue weighted by atomic mass is 16.6. The highest BCUT2D eigenvalue weighted by Gasteiger charge is 1.91. The molecule has 3 heteroatoms. The quantitative estimate of drug-likeness (QED) is 0.531. The summed E-state index contributed by atoms with van der Waals surface area (Å²) >= 11 is 0. The zero-order chi connectivity index (χ0) is 10.1. The summed E-state index contributed by atoms with van der Waals surface area (Å²) in [6, 6.07) is 10.0. The van der Waals surface area contributed by atoms with Gasteiger partial charge >= 0.3 is 0 Å². The number of rotatable bonds is 7. The average molecular weight is 196 g/mol. The molecule has 0 amide bonds. The lowest BCUT2D eigenvalue weighted by Gasteiger charge is -2.03. The van der Waals surface area contributed by atoms with Gasteiger partial charge < -0.3 is 14.6 Å². The van der Waals surface area contributed by atoms with Crippen molar-refractivity contribution in [2.24, 2.45) is 0 Å². The molecule has 1 N–H and O–H groups in total. The molecule has 3 nitrogen and oxygen atoms in total. The van der Waals surface area contributed by atoms with Crippen LogP contribution >= 0.6 is 0 Å². The molecule has 0 radical (unpaired) electrons. The molecule has 0 aliphatic rings. The topological polar surface area (TPSA) is 38.7 Å². The van der Waals surface area contributed by atoms with Crippen molar-refractivity contribution in [3.63, 3.8) is 0 Å². The highest BCUT2D eigenvalue weighted by Crippen LogP contribution is 2.00. The summed E-state index contributed by atoms with van der Waals surface area (Å²) in [5.74, 6) is 0. The number of hydrogen-bond acceptors (Lipinski definition) is 3. The molecule has 0 aliphatic carbocycles. The Balaban J connectivity index is 1.99. The van der Waals surface area contributed by atoms with Crippen molar-refractivity contribution in [1.29, 1.82) is 0 Å². The largest absolute Gasteiger partial charge is 0.377 e. The Kier molecular flexibility index (Phi) is 5.99. The predicted octanol–water partition coefficient (Wildman–Crippen LogP) is 1.56. The monoisotopic (exact) mass is 196 g/mol. The zero-order valence-corrected chi connectivity index (χ0v) is 8.19.